The summed E-state index contributed by atoms with van der Waals surface area (Å²) in [7, 11) is 0. The first-order chi connectivity index (χ1) is 6.51. The molecule has 0 N–H and O–H groups in total. The van der Waals surface area contributed by atoms with E-state index < -0.39 is 12.5 Å². The number of hydrogen-bond acceptors (Lipinski definition) is 1. The van der Waals surface area contributed by atoms with E-state index in [9.17, 15) is 13.2 Å². The molecule has 0 aliphatic heterocycles. The standard InChI is InChI=1S/C8H13F3O.C2H6/c1-2-6-3-4-7(5-6)12-8(9,10)11;1-2/h6-7H,2-5H2,1H3;1-2H3. The minimum absolute atomic E-state index is 0.428. The van der Waals surface area contributed by atoms with Crippen LogP contribution in [-0.4, -0.2) is 12.5 Å². The lowest BCUT2D eigenvalue weighted by Gasteiger charge is -2.13. The highest BCUT2D eigenvalue weighted by Crippen LogP contribution is 2.33. The molecule has 1 aliphatic carbocycles. The number of alkyl halides is 3. The van der Waals surface area contributed by atoms with Crippen molar-refractivity contribution in [3.8, 4) is 0 Å². The second kappa shape index (κ2) is 6.27. The van der Waals surface area contributed by atoms with Crippen LogP contribution in [0.25, 0.3) is 0 Å². The fraction of sp³-hybridized carbons (Fsp3) is 1.00. The average molecular weight is 212 g/mol. The van der Waals surface area contributed by atoms with E-state index in [1.54, 1.807) is 0 Å². The lowest BCUT2D eigenvalue weighted by molar-refractivity contribution is -0.341. The zero-order valence-electron chi connectivity index (χ0n) is 9.03. The Balaban J connectivity index is 0.000000791. The molecule has 0 heterocycles. The molecular weight excluding hydrogens is 193 g/mol. The van der Waals surface area contributed by atoms with Crippen molar-refractivity contribution in [2.45, 2.75) is 58.9 Å². The topological polar surface area (TPSA) is 9.23 Å². The van der Waals surface area contributed by atoms with Crippen LogP contribution in [0.4, 0.5) is 13.2 Å². The van der Waals surface area contributed by atoms with E-state index in [-0.39, 0.29) is 0 Å². The number of ether oxygens (including phenoxy) is 1. The third-order valence-corrected chi connectivity index (χ3v) is 2.37. The fourth-order valence-electron chi connectivity index (χ4n) is 1.70. The summed E-state index contributed by atoms with van der Waals surface area (Å²) in [5.74, 6) is 0.428. The molecule has 1 fully saturated rings. The van der Waals surface area contributed by atoms with Gasteiger partial charge in [-0.2, -0.15) is 0 Å². The molecule has 1 saturated carbocycles. The van der Waals surface area contributed by atoms with Gasteiger partial charge in [0.1, 0.15) is 0 Å². The van der Waals surface area contributed by atoms with Crippen LogP contribution in [0.1, 0.15) is 46.5 Å². The van der Waals surface area contributed by atoms with Gasteiger partial charge in [-0.05, 0) is 25.2 Å². The predicted molar refractivity (Wildman–Crippen MR) is 49.9 cm³/mol. The first kappa shape index (κ1) is 13.8. The molecule has 0 radical (unpaired) electrons. The molecule has 86 valence electrons. The maximum absolute atomic E-state index is 11.7. The van der Waals surface area contributed by atoms with Crippen molar-refractivity contribution in [2.75, 3.05) is 0 Å². The van der Waals surface area contributed by atoms with Crippen molar-refractivity contribution in [1.29, 1.82) is 0 Å². The molecule has 1 rings (SSSR count). The zero-order valence-corrected chi connectivity index (χ0v) is 9.03. The molecule has 14 heavy (non-hydrogen) atoms. The van der Waals surface area contributed by atoms with Crippen LogP contribution in [-0.2, 0) is 4.74 Å². The highest BCUT2D eigenvalue weighted by atomic mass is 19.4. The van der Waals surface area contributed by atoms with E-state index >= 15 is 0 Å². The second-order valence-electron chi connectivity index (χ2n) is 3.27. The van der Waals surface area contributed by atoms with Crippen LogP contribution in [0.15, 0.2) is 0 Å². The summed E-state index contributed by atoms with van der Waals surface area (Å²) in [6.07, 6.45) is -2.09. The fourth-order valence-corrected chi connectivity index (χ4v) is 1.70. The van der Waals surface area contributed by atoms with Crippen LogP contribution < -0.4 is 0 Å². The van der Waals surface area contributed by atoms with E-state index in [2.05, 4.69) is 4.74 Å². The van der Waals surface area contributed by atoms with Crippen molar-refractivity contribution >= 4 is 0 Å². The molecule has 0 spiro atoms. The average Bonchev–Trinajstić information content (AvgIpc) is 2.53. The van der Waals surface area contributed by atoms with Gasteiger partial charge in [0, 0.05) is 0 Å². The van der Waals surface area contributed by atoms with Crippen LogP contribution >= 0.6 is 0 Å². The third-order valence-electron chi connectivity index (χ3n) is 2.37. The lowest BCUT2D eigenvalue weighted by atomic mass is 10.1. The van der Waals surface area contributed by atoms with Gasteiger partial charge < -0.3 is 0 Å². The van der Waals surface area contributed by atoms with E-state index in [0.29, 0.717) is 18.8 Å². The Bertz CT molecular complexity index is 145. The van der Waals surface area contributed by atoms with Crippen molar-refractivity contribution in [2.24, 2.45) is 5.92 Å². The highest BCUT2D eigenvalue weighted by Gasteiger charge is 2.36. The van der Waals surface area contributed by atoms with Crippen LogP contribution in [0.3, 0.4) is 0 Å². The summed E-state index contributed by atoms with van der Waals surface area (Å²) in [6, 6.07) is 0. The SMILES string of the molecule is CC.CCC1CCC(OC(F)(F)F)C1. The summed E-state index contributed by atoms with van der Waals surface area (Å²) in [4.78, 5) is 0. The van der Waals surface area contributed by atoms with Crippen molar-refractivity contribution in [1.82, 2.24) is 0 Å². The molecule has 0 aromatic rings. The quantitative estimate of drug-likeness (QED) is 0.668. The zero-order chi connectivity index (χ0) is 11.2. The normalized spacial score (nSPS) is 27.0. The summed E-state index contributed by atoms with van der Waals surface area (Å²) in [6.45, 7) is 6.00. The van der Waals surface area contributed by atoms with Gasteiger partial charge in [-0.25, -0.2) is 0 Å². The van der Waals surface area contributed by atoms with E-state index in [1.807, 2.05) is 20.8 Å². The highest BCUT2D eigenvalue weighted by molar-refractivity contribution is 4.75. The summed E-state index contributed by atoms with van der Waals surface area (Å²) in [5, 5.41) is 0. The summed E-state index contributed by atoms with van der Waals surface area (Å²) in [5.41, 5.74) is 0. The second-order valence-corrected chi connectivity index (χ2v) is 3.27. The minimum atomic E-state index is -4.45. The summed E-state index contributed by atoms with van der Waals surface area (Å²) >= 11 is 0. The Kier molecular flexibility index (Phi) is 6.16. The molecule has 0 bridgehead atoms. The van der Waals surface area contributed by atoms with Gasteiger partial charge >= 0.3 is 6.36 Å². The van der Waals surface area contributed by atoms with Gasteiger partial charge in [-0.1, -0.05) is 27.2 Å². The number of halogens is 3. The Hall–Kier alpha value is -0.250. The van der Waals surface area contributed by atoms with Crippen molar-refractivity contribution in [3.05, 3.63) is 0 Å². The van der Waals surface area contributed by atoms with Gasteiger partial charge in [0.25, 0.3) is 0 Å². The maximum atomic E-state index is 11.7. The molecule has 4 heteroatoms. The van der Waals surface area contributed by atoms with Crippen molar-refractivity contribution in [3.63, 3.8) is 0 Å². The van der Waals surface area contributed by atoms with Crippen LogP contribution in [0.2, 0.25) is 0 Å². The largest absolute Gasteiger partial charge is 0.522 e. The molecule has 0 aromatic carbocycles. The van der Waals surface area contributed by atoms with Gasteiger partial charge in [0.05, 0.1) is 6.10 Å². The first-order valence-electron chi connectivity index (χ1n) is 5.26. The minimum Gasteiger partial charge on any atom is -0.289 e. The van der Waals surface area contributed by atoms with E-state index in [0.717, 1.165) is 12.8 Å². The Morgan fingerprint density at radius 2 is 1.79 bits per heavy atom. The molecule has 2 unspecified atom stereocenters. The van der Waals surface area contributed by atoms with Crippen LogP contribution in [0.5, 0.6) is 0 Å². The molecule has 1 aliphatic rings. The molecule has 0 amide bonds. The lowest BCUT2D eigenvalue weighted by Crippen LogP contribution is -2.21. The monoisotopic (exact) mass is 212 g/mol. The molecule has 0 saturated heterocycles. The Morgan fingerprint density at radius 1 is 1.21 bits per heavy atom. The number of rotatable bonds is 2. The van der Waals surface area contributed by atoms with E-state index in [4.69, 9.17) is 0 Å². The van der Waals surface area contributed by atoms with Gasteiger partial charge in [-0.15, -0.1) is 13.2 Å². The van der Waals surface area contributed by atoms with Gasteiger partial charge in [-0.3, -0.25) is 4.74 Å². The maximum Gasteiger partial charge on any atom is 0.522 e. The molecular formula is C10H19F3O. The molecule has 0 aromatic heterocycles. The predicted octanol–water partition coefficient (Wildman–Crippen LogP) is 4.13. The molecule has 2 atom stereocenters. The molecule has 1 nitrogen and oxygen atoms in total. The Morgan fingerprint density at radius 3 is 2.14 bits per heavy atom. The first-order valence-corrected chi connectivity index (χ1v) is 5.26. The smallest absolute Gasteiger partial charge is 0.289 e. The summed E-state index contributed by atoms with van der Waals surface area (Å²) < 4.78 is 39.1. The Labute approximate surface area is 83.6 Å². The van der Waals surface area contributed by atoms with Gasteiger partial charge in [0.2, 0.25) is 0 Å². The van der Waals surface area contributed by atoms with E-state index in [1.165, 1.54) is 0 Å². The third kappa shape index (κ3) is 5.47. The van der Waals surface area contributed by atoms with Crippen LogP contribution in [0, 0.1) is 5.92 Å². The number of hydrogen-bond donors (Lipinski definition) is 0. The van der Waals surface area contributed by atoms with Gasteiger partial charge in [0.15, 0.2) is 0 Å². The van der Waals surface area contributed by atoms with Crippen molar-refractivity contribution < 1.29 is 17.9 Å².